The Morgan fingerprint density at radius 3 is 2.67 bits per heavy atom. The van der Waals surface area contributed by atoms with Gasteiger partial charge in [0.05, 0.1) is 6.61 Å². The van der Waals surface area contributed by atoms with Crippen LogP contribution in [-0.4, -0.2) is 22.6 Å². The fourth-order valence-electron chi connectivity index (χ4n) is 2.35. The van der Waals surface area contributed by atoms with E-state index in [0.29, 0.717) is 30.0 Å². The van der Waals surface area contributed by atoms with Crippen LogP contribution in [0, 0.1) is 6.92 Å². The molecule has 0 saturated heterocycles. The van der Waals surface area contributed by atoms with E-state index in [2.05, 4.69) is 15.3 Å². The van der Waals surface area contributed by atoms with Crippen molar-refractivity contribution in [1.82, 2.24) is 9.97 Å². The summed E-state index contributed by atoms with van der Waals surface area (Å²) in [7, 11) is 0. The van der Waals surface area contributed by atoms with Gasteiger partial charge in [0.25, 0.3) is 0 Å². The number of hydrogen-bond donors (Lipinski definition) is 2. The van der Waals surface area contributed by atoms with Gasteiger partial charge in [-0.1, -0.05) is 19.3 Å². The standard InChI is InChI=1S/C13H22N4O/c1-3-18-13-11(14)12(15-9(2)16-13)17-10-7-5-4-6-8-10/h10H,3-8,14H2,1-2H3,(H,15,16,17). The Kier molecular flexibility index (Phi) is 4.23. The normalized spacial score (nSPS) is 16.6. The first-order valence-electron chi connectivity index (χ1n) is 6.74. The third kappa shape index (κ3) is 3.03. The first-order chi connectivity index (χ1) is 8.70. The van der Waals surface area contributed by atoms with Gasteiger partial charge < -0.3 is 15.8 Å². The van der Waals surface area contributed by atoms with Crippen LogP contribution >= 0.6 is 0 Å². The molecule has 0 aromatic carbocycles. The SMILES string of the molecule is CCOc1nc(C)nc(NC2CCCCC2)c1N. The Hall–Kier alpha value is -1.52. The lowest BCUT2D eigenvalue weighted by molar-refractivity contribution is 0.327. The van der Waals surface area contributed by atoms with E-state index in [4.69, 9.17) is 10.5 Å². The summed E-state index contributed by atoms with van der Waals surface area (Å²) in [5.41, 5.74) is 6.56. The lowest BCUT2D eigenvalue weighted by Gasteiger charge is -2.24. The topological polar surface area (TPSA) is 73.1 Å². The Labute approximate surface area is 108 Å². The van der Waals surface area contributed by atoms with Crippen molar-refractivity contribution in [3.63, 3.8) is 0 Å². The lowest BCUT2D eigenvalue weighted by Crippen LogP contribution is -2.24. The molecule has 1 aliphatic rings. The molecule has 0 unspecified atom stereocenters. The fraction of sp³-hybridized carbons (Fsp3) is 0.692. The van der Waals surface area contributed by atoms with Gasteiger partial charge in [-0.15, -0.1) is 0 Å². The van der Waals surface area contributed by atoms with E-state index in [9.17, 15) is 0 Å². The van der Waals surface area contributed by atoms with Crippen molar-refractivity contribution in [1.29, 1.82) is 0 Å². The molecule has 5 nitrogen and oxygen atoms in total. The maximum absolute atomic E-state index is 6.04. The molecule has 1 aliphatic carbocycles. The Bertz CT molecular complexity index is 402. The van der Waals surface area contributed by atoms with Gasteiger partial charge >= 0.3 is 0 Å². The second-order valence-corrected chi connectivity index (χ2v) is 4.75. The van der Waals surface area contributed by atoms with Crippen LogP contribution in [-0.2, 0) is 0 Å². The van der Waals surface area contributed by atoms with Crippen molar-refractivity contribution < 1.29 is 4.74 Å². The molecule has 2 rings (SSSR count). The van der Waals surface area contributed by atoms with E-state index in [1.807, 2.05) is 13.8 Å². The quantitative estimate of drug-likeness (QED) is 0.859. The summed E-state index contributed by atoms with van der Waals surface area (Å²) in [6.07, 6.45) is 6.26. The first kappa shape index (κ1) is 12.9. The molecule has 100 valence electrons. The fourth-order valence-corrected chi connectivity index (χ4v) is 2.35. The van der Waals surface area contributed by atoms with Crippen LogP contribution in [0.25, 0.3) is 0 Å². The maximum Gasteiger partial charge on any atom is 0.242 e. The van der Waals surface area contributed by atoms with Crippen molar-refractivity contribution in [2.45, 2.75) is 52.0 Å². The van der Waals surface area contributed by atoms with Crippen LogP contribution in [0.1, 0.15) is 44.9 Å². The molecule has 0 amide bonds. The number of nitrogen functional groups attached to an aromatic ring is 1. The smallest absolute Gasteiger partial charge is 0.242 e. The van der Waals surface area contributed by atoms with Crippen LogP contribution in [0.2, 0.25) is 0 Å². The largest absolute Gasteiger partial charge is 0.476 e. The molecule has 0 aliphatic heterocycles. The molecule has 0 atom stereocenters. The zero-order valence-electron chi connectivity index (χ0n) is 11.2. The number of nitrogens with one attached hydrogen (secondary N) is 1. The molecule has 0 spiro atoms. The van der Waals surface area contributed by atoms with Gasteiger partial charge in [-0.25, -0.2) is 4.98 Å². The predicted octanol–water partition coefficient (Wildman–Crippen LogP) is 2.51. The first-order valence-corrected chi connectivity index (χ1v) is 6.74. The minimum absolute atomic E-state index is 0.477. The highest BCUT2D eigenvalue weighted by Gasteiger charge is 2.17. The number of rotatable bonds is 4. The van der Waals surface area contributed by atoms with Gasteiger partial charge in [0.2, 0.25) is 5.88 Å². The molecular weight excluding hydrogens is 228 g/mol. The summed E-state index contributed by atoms with van der Waals surface area (Å²) >= 11 is 0. The third-order valence-electron chi connectivity index (χ3n) is 3.25. The number of aromatic nitrogens is 2. The highest BCUT2D eigenvalue weighted by molar-refractivity contribution is 5.67. The molecule has 1 fully saturated rings. The van der Waals surface area contributed by atoms with E-state index in [1.165, 1.54) is 32.1 Å². The summed E-state index contributed by atoms with van der Waals surface area (Å²) in [6, 6.07) is 0.477. The summed E-state index contributed by atoms with van der Waals surface area (Å²) in [5.74, 6) is 1.90. The van der Waals surface area contributed by atoms with Crippen LogP contribution in [0.4, 0.5) is 11.5 Å². The van der Waals surface area contributed by atoms with Gasteiger partial charge in [-0.05, 0) is 26.7 Å². The predicted molar refractivity (Wildman–Crippen MR) is 72.8 cm³/mol. The molecule has 1 aromatic heterocycles. The number of aryl methyl sites for hydroxylation is 1. The molecule has 1 aromatic rings. The molecule has 1 saturated carbocycles. The van der Waals surface area contributed by atoms with Gasteiger partial charge in [0.15, 0.2) is 5.82 Å². The van der Waals surface area contributed by atoms with E-state index >= 15 is 0 Å². The average Bonchev–Trinajstić information content (AvgIpc) is 2.36. The molecule has 1 heterocycles. The summed E-state index contributed by atoms with van der Waals surface area (Å²) < 4.78 is 5.43. The van der Waals surface area contributed by atoms with E-state index < -0.39 is 0 Å². The van der Waals surface area contributed by atoms with Crippen LogP contribution in [0.5, 0.6) is 5.88 Å². The van der Waals surface area contributed by atoms with Gasteiger partial charge in [-0.3, -0.25) is 0 Å². The van der Waals surface area contributed by atoms with Gasteiger partial charge in [0.1, 0.15) is 11.5 Å². The third-order valence-corrected chi connectivity index (χ3v) is 3.25. The molecule has 0 radical (unpaired) electrons. The summed E-state index contributed by atoms with van der Waals surface area (Å²) in [6.45, 7) is 4.34. The highest BCUT2D eigenvalue weighted by Crippen LogP contribution is 2.29. The second kappa shape index (κ2) is 5.89. The van der Waals surface area contributed by atoms with E-state index in [0.717, 1.165) is 5.82 Å². The van der Waals surface area contributed by atoms with Crippen molar-refractivity contribution in [3.05, 3.63) is 5.82 Å². The molecule has 18 heavy (non-hydrogen) atoms. The zero-order valence-corrected chi connectivity index (χ0v) is 11.2. The van der Waals surface area contributed by atoms with E-state index in [1.54, 1.807) is 0 Å². The number of hydrogen-bond acceptors (Lipinski definition) is 5. The van der Waals surface area contributed by atoms with Crippen molar-refractivity contribution >= 4 is 11.5 Å². The number of ether oxygens (including phenoxy) is 1. The minimum atomic E-state index is 0.477. The van der Waals surface area contributed by atoms with Crippen LogP contribution in [0.15, 0.2) is 0 Å². The Morgan fingerprint density at radius 2 is 2.00 bits per heavy atom. The molecule has 3 N–H and O–H groups in total. The molecular formula is C13H22N4O. The second-order valence-electron chi connectivity index (χ2n) is 4.75. The van der Waals surface area contributed by atoms with Crippen LogP contribution < -0.4 is 15.8 Å². The monoisotopic (exact) mass is 250 g/mol. The van der Waals surface area contributed by atoms with Crippen molar-refractivity contribution in [2.24, 2.45) is 0 Å². The average molecular weight is 250 g/mol. The Morgan fingerprint density at radius 1 is 1.28 bits per heavy atom. The van der Waals surface area contributed by atoms with Crippen molar-refractivity contribution in [3.8, 4) is 5.88 Å². The maximum atomic E-state index is 6.04. The summed E-state index contributed by atoms with van der Waals surface area (Å²) in [4.78, 5) is 8.60. The zero-order chi connectivity index (χ0) is 13.0. The molecule has 0 bridgehead atoms. The lowest BCUT2D eigenvalue weighted by atomic mass is 9.95. The minimum Gasteiger partial charge on any atom is -0.476 e. The van der Waals surface area contributed by atoms with Crippen molar-refractivity contribution in [2.75, 3.05) is 17.7 Å². The summed E-state index contributed by atoms with van der Waals surface area (Å²) in [5, 5.41) is 3.43. The van der Waals surface area contributed by atoms with Gasteiger partial charge in [-0.2, -0.15) is 4.98 Å². The highest BCUT2D eigenvalue weighted by atomic mass is 16.5. The number of nitrogens with two attached hydrogens (primary N) is 1. The van der Waals surface area contributed by atoms with Gasteiger partial charge in [0, 0.05) is 6.04 Å². The van der Waals surface area contributed by atoms with Crippen LogP contribution in [0.3, 0.4) is 0 Å². The molecule has 5 heteroatoms. The van der Waals surface area contributed by atoms with E-state index in [-0.39, 0.29) is 0 Å². The number of anilines is 2. The Balaban J connectivity index is 2.15. The number of nitrogens with zero attached hydrogens (tertiary/aromatic N) is 2.